The number of aromatic nitrogens is 1. The Balaban J connectivity index is 1.46. The topological polar surface area (TPSA) is 55.8 Å². The van der Waals surface area contributed by atoms with E-state index in [0.717, 1.165) is 64.6 Å². The van der Waals surface area contributed by atoms with Gasteiger partial charge < -0.3 is 15.5 Å². The smallest absolute Gasteiger partial charge is 0.191 e. The van der Waals surface area contributed by atoms with Crippen LogP contribution in [-0.2, 0) is 6.42 Å². The lowest BCUT2D eigenvalue weighted by Crippen LogP contribution is -2.47. The van der Waals surface area contributed by atoms with Gasteiger partial charge in [-0.3, -0.25) is 9.89 Å². The molecule has 1 unspecified atom stereocenters. The first kappa shape index (κ1) is 22.7. The van der Waals surface area contributed by atoms with Crippen molar-refractivity contribution < 1.29 is 0 Å². The molecule has 6 nitrogen and oxygen atoms in total. The lowest BCUT2D eigenvalue weighted by atomic mass is 10.0. The summed E-state index contributed by atoms with van der Waals surface area (Å²) in [7, 11) is 2.22. The van der Waals surface area contributed by atoms with E-state index in [1.165, 1.54) is 15.4 Å². The van der Waals surface area contributed by atoms with Gasteiger partial charge in [-0.25, -0.2) is 4.98 Å². The Morgan fingerprint density at radius 1 is 1.23 bits per heavy atom. The van der Waals surface area contributed by atoms with Gasteiger partial charge in [0.15, 0.2) is 5.96 Å². The molecule has 2 N–H and O–H groups in total. The van der Waals surface area contributed by atoms with E-state index < -0.39 is 0 Å². The average molecular weight is 429 g/mol. The minimum absolute atomic E-state index is 0.474. The molecule has 1 aliphatic heterocycles. The SMILES string of the molecule is CCNC(=NCCCN1CCN(C)CC1c1ccccc1)NCCc1ncc(C)s1. The summed E-state index contributed by atoms with van der Waals surface area (Å²) in [6.07, 6.45) is 3.94. The second-order valence-electron chi connectivity index (χ2n) is 7.88. The van der Waals surface area contributed by atoms with Crippen LogP contribution in [0.4, 0.5) is 0 Å². The molecule has 1 saturated heterocycles. The lowest BCUT2D eigenvalue weighted by Gasteiger charge is -2.40. The Morgan fingerprint density at radius 3 is 2.80 bits per heavy atom. The van der Waals surface area contributed by atoms with Crippen molar-refractivity contribution in [3.05, 3.63) is 52.0 Å². The third-order valence-corrected chi connectivity index (χ3v) is 6.37. The van der Waals surface area contributed by atoms with E-state index in [1.54, 1.807) is 11.3 Å². The first-order valence-corrected chi connectivity index (χ1v) is 11.9. The number of aliphatic imine (C=N–C) groups is 1. The number of hydrogen-bond acceptors (Lipinski definition) is 5. The Hall–Kier alpha value is -1.96. The van der Waals surface area contributed by atoms with Gasteiger partial charge in [0.1, 0.15) is 0 Å². The number of thiazole rings is 1. The first-order valence-electron chi connectivity index (χ1n) is 11.1. The standard InChI is InChI=1S/C23H36N6S/c1-4-24-23(26-13-11-22-27-17-19(2)30-22)25-12-8-14-29-16-15-28(3)18-21(29)20-9-6-5-7-10-20/h5-7,9-10,17,21H,4,8,11-16,18H2,1-3H3,(H2,24,25,26). The highest BCUT2D eigenvalue weighted by Gasteiger charge is 2.25. The fraction of sp³-hybridized carbons (Fsp3) is 0.565. The molecule has 3 rings (SSSR count). The van der Waals surface area contributed by atoms with E-state index >= 15 is 0 Å². The average Bonchev–Trinajstić information content (AvgIpc) is 3.17. The lowest BCUT2D eigenvalue weighted by molar-refractivity contribution is 0.0894. The molecule has 164 valence electrons. The van der Waals surface area contributed by atoms with Gasteiger partial charge in [0, 0.05) is 69.3 Å². The van der Waals surface area contributed by atoms with Gasteiger partial charge in [-0.1, -0.05) is 30.3 Å². The summed E-state index contributed by atoms with van der Waals surface area (Å²) in [5, 5.41) is 7.98. The molecular formula is C23H36N6S. The number of hydrogen-bond donors (Lipinski definition) is 2. The molecule has 1 aliphatic rings. The van der Waals surface area contributed by atoms with Gasteiger partial charge in [0.25, 0.3) is 0 Å². The molecule has 1 aromatic carbocycles. The predicted octanol–water partition coefficient (Wildman–Crippen LogP) is 2.93. The number of benzene rings is 1. The highest BCUT2D eigenvalue weighted by atomic mass is 32.1. The summed E-state index contributed by atoms with van der Waals surface area (Å²) in [6.45, 7) is 11.2. The van der Waals surface area contributed by atoms with Crippen molar-refractivity contribution >= 4 is 17.3 Å². The zero-order valence-corrected chi connectivity index (χ0v) is 19.4. The van der Waals surface area contributed by atoms with Gasteiger partial charge >= 0.3 is 0 Å². The van der Waals surface area contributed by atoms with Gasteiger partial charge in [0.05, 0.1) is 5.01 Å². The van der Waals surface area contributed by atoms with Crippen LogP contribution < -0.4 is 10.6 Å². The Labute approximate surface area is 185 Å². The highest BCUT2D eigenvalue weighted by molar-refractivity contribution is 7.11. The minimum atomic E-state index is 0.474. The maximum atomic E-state index is 4.79. The van der Waals surface area contributed by atoms with Gasteiger partial charge in [0.2, 0.25) is 0 Å². The quantitative estimate of drug-likeness (QED) is 0.365. The summed E-state index contributed by atoms with van der Waals surface area (Å²) >= 11 is 1.77. The fourth-order valence-electron chi connectivity index (χ4n) is 3.83. The maximum Gasteiger partial charge on any atom is 0.191 e. The van der Waals surface area contributed by atoms with Crippen molar-refractivity contribution in [3.63, 3.8) is 0 Å². The van der Waals surface area contributed by atoms with Crippen LogP contribution in [0.5, 0.6) is 0 Å². The second-order valence-corrected chi connectivity index (χ2v) is 9.20. The van der Waals surface area contributed by atoms with E-state index in [1.807, 2.05) is 6.20 Å². The van der Waals surface area contributed by atoms with E-state index in [2.05, 4.69) is 76.6 Å². The molecule has 0 amide bonds. The number of nitrogens with zero attached hydrogens (tertiary/aromatic N) is 4. The van der Waals surface area contributed by atoms with E-state index in [9.17, 15) is 0 Å². The van der Waals surface area contributed by atoms with Gasteiger partial charge in [-0.15, -0.1) is 11.3 Å². The zero-order chi connectivity index (χ0) is 21.2. The Morgan fingerprint density at radius 2 is 2.07 bits per heavy atom. The van der Waals surface area contributed by atoms with Crippen molar-refractivity contribution in [2.75, 3.05) is 52.9 Å². The molecule has 1 fully saturated rings. The molecular weight excluding hydrogens is 392 g/mol. The molecule has 0 bridgehead atoms. The molecule has 0 radical (unpaired) electrons. The molecule has 1 aromatic heterocycles. The Bertz CT molecular complexity index is 775. The van der Waals surface area contributed by atoms with Crippen molar-refractivity contribution in [1.29, 1.82) is 0 Å². The predicted molar refractivity (Wildman–Crippen MR) is 127 cm³/mol. The molecule has 0 saturated carbocycles. The van der Waals surface area contributed by atoms with E-state index in [-0.39, 0.29) is 0 Å². The summed E-state index contributed by atoms with van der Waals surface area (Å²) in [6, 6.07) is 11.4. The van der Waals surface area contributed by atoms with Crippen LogP contribution in [0.15, 0.2) is 41.5 Å². The molecule has 1 atom stereocenters. The third-order valence-electron chi connectivity index (χ3n) is 5.40. The molecule has 30 heavy (non-hydrogen) atoms. The van der Waals surface area contributed by atoms with Crippen LogP contribution >= 0.6 is 11.3 Å². The van der Waals surface area contributed by atoms with Gasteiger partial charge in [-0.05, 0) is 32.9 Å². The molecule has 0 spiro atoms. The molecule has 2 aromatic rings. The summed E-state index contributed by atoms with van der Waals surface area (Å²) in [5.74, 6) is 0.906. The van der Waals surface area contributed by atoms with Crippen LogP contribution in [-0.4, -0.2) is 73.6 Å². The van der Waals surface area contributed by atoms with Crippen LogP contribution in [0.25, 0.3) is 0 Å². The summed E-state index contributed by atoms with van der Waals surface area (Å²) < 4.78 is 0. The number of aryl methyl sites for hydroxylation is 1. The minimum Gasteiger partial charge on any atom is -0.357 e. The van der Waals surface area contributed by atoms with E-state index in [4.69, 9.17) is 4.99 Å². The Kier molecular flexibility index (Phi) is 9.11. The summed E-state index contributed by atoms with van der Waals surface area (Å²) in [4.78, 5) is 15.5. The summed E-state index contributed by atoms with van der Waals surface area (Å²) in [5.41, 5.74) is 1.42. The fourth-order valence-corrected chi connectivity index (χ4v) is 4.61. The van der Waals surface area contributed by atoms with Crippen molar-refractivity contribution in [3.8, 4) is 0 Å². The first-order chi connectivity index (χ1) is 14.7. The number of rotatable bonds is 9. The number of piperazine rings is 1. The number of likely N-dealkylation sites (N-methyl/N-ethyl adjacent to an activating group) is 1. The molecule has 0 aliphatic carbocycles. The van der Waals surface area contributed by atoms with Crippen LogP contribution in [0, 0.1) is 6.92 Å². The largest absolute Gasteiger partial charge is 0.357 e. The third kappa shape index (κ3) is 7.07. The normalized spacial score (nSPS) is 18.5. The maximum absolute atomic E-state index is 4.79. The molecule has 2 heterocycles. The van der Waals surface area contributed by atoms with Crippen LogP contribution in [0.2, 0.25) is 0 Å². The highest BCUT2D eigenvalue weighted by Crippen LogP contribution is 2.24. The number of nitrogens with one attached hydrogen (secondary N) is 2. The van der Waals surface area contributed by atoms with Crippen LogP contribution in [0.1, 0.15) is 34.8 Å². The number of guanidine groups is 1. The van der Waals surface area contributed by atoms with Crippen molar-refractivity contribution in [2.45, 2.75) is 32.7 Å². The van der Waals surface area contributed by atoms with Crippen LogP contribution in [0.3, 0.4) is 0 Å². The zero-order valence-electron chi connectivity index (χ0n) is 18.6. The van der Waals surface area contributed by atoms with Crippen molar-refractivity contribution in [2.24, 2.45) is 4.99 Å². The second kappa shape index (κ2) is 12.0. The monoisotopic (exact) mass is 428 g/mol. The van der Waals surface area contributed by atoms with Crippen molar-refractivity contribution in [1.82, 2.24) is 25.4 Å². The molecule has 7 heteroatoms. The van der Waals surface area contributed by atoms with Gasteiger partial charge in [-0.2, -0.15) is 0 Å². The van der Waals surface area contributed by atoms with E-state index in [0.29, 0.717) is 6.04 Å².